The van der Waals surface area contributed by atoms with Crippen LogP contribution in [0.4, 0.5) is 11.4 Å². The van der Waals surface area contributed by atoms with Crippen molar-refractivity contribution in [1.29, 1.82) is 0 Å². The summed E-state index contributed by atoms with van der Waals surface area (Å²) in [5.74, 6) is -0.486. The zero-order chi connectivity index (χ0) is 15.2. The first-order valence-corrected chi connectivity index (χ1v) is 6.41. The van der Waals surface area contributed by atoms with E-state index in [0.717, 1.165) is 11.4 Å². The first-order chi connectivity index (χ1) is 10.1. The lowest BCUT2D eigenvalue weighted by atomic mass is 10.1. The number of hydrogen-bond acceptors (Lipinski definition) is 4. The van der Waals surface area contributed by atoms with Gasteiger partial charge in [-0.25, -0.2) is 4.79 Å². The number of esters is 1. The summed E-state index contributed by atoms with van der Waals surface area (Å²) in [6.07, 6.45) is 0. The molecule has 0 heterocycles. The molecule has 1 amide bonds. The van der Waals surface area contributed by atoms with E-state index in [0.29, 0.717) is 11.1 Å². The van der Waals surface area contributed by atoms with Crippen LogP contribution in [0.25, 0.3) is 0 Å². The number of amides is 1. The number of hydrogen-bond donors (Lipinski definition) is 2. The van der Waals surface area contributed by atoms with Gasteiger partial charge in [0.15, 0.2) is 0 Å². The Morgan fingerprint density at radius 3 is 1.76 bits per heavy atom. The van der Waals surface area contributed by atoms with Gasteiger partial charge in [0.25, 0.3) is 5.91 Å². The molecule has 21 heavy (non-hydrogen) atoms. The Balaban J connectivity index is 2.08. The molecule has 0 atom stereocenters. The summed E-state index contributed by atoms with van der Waals surface area (Å²) >= 11 is 0. The first kappa shape index (κ1) is 14.6. The lowest BCUT2D eigenvalue weighted by Crippen LogP contribution is -2.17. The highest BCUT2D eigenvalue weighted by Crippen LogP contribution is 2.18. The number of ether oxygens (including phenoxy) is 1. The molecule has 0 saturated heterocycles. The molecule has 0 radical (unpaired) electrons. The van der Waals surface area contributed by atoms with Gasteiger partial charge >= 0.3 is 5.97 Å². The molecule has 5 heteroatoms. The third-order valence-corrected chi connectivity index (χ3v) is 2.97. The largest absolute Gasteiger partial charge is 0.465 e. The predicted molar refractivity (Wildman–Crippen MR) is 80.9 cm³/mol. The highest BCUT2D eigenvalue weighted by atomic mass is 16.5. The van der Waals surface area contributed by atoms with E-state index in [9.17, 15) is 9.59 Å². The number of benzene rings is 2. The zero-order valence-corrected chi connectivity index (χ0v) is 11.8. The third-order valence-electron chi connectivity index (χ3n) is 2.97. The van der Waals surface area contributed by atoms with Gasteiger partial charge in [-0.2, -0.15) is 0 Å². The van der Waals surface area contributed by atoms with E-state index in [1.54, 1.807) is 43.4 Å². The zero-order valence-electron chi connectivity index (χ0n) is 11.8. The summed E-state index contributed by atoms with van der Waals surface area (Å²) < 4.78 is 4.64. The lowest BCUT2D eigenvalue weighted by Gasteiger charge is -2.08. The molecule has 0 unspecified atom stereocenters. The Bertz CT molecular complexity index is 576. The van der Waals surface area contributed by atoms with Crippen molar-refractivity contribution in [2.24, 2.45) is 0 Å². The molecule has 2 rings (SSSR count). The van der Waals surface area contributed by atoms with Gasteiger partial charge in [-0.05, 0) is 48.5 Å². The van der Waals surface area contributed by atoms with Crippen LogP contribution < -0.4 is 10.6 Å². The molecule has 0 aliphatic carbocycles. The molecule has 0 aromatic heterocycles. The molecular formula is C16H16N2O3. The fraction of sp³-hybridized carbons (Fsp3) is 0.125. The number of anilines is 2. The standard InChI is InChI=1S/C16H16N2O3/c1-17-15(19)11-3-7-13(8-4-11)18-14-9-5-12(6-10-14)16(20)21-2/h3-10,18H,1-2H3,(H,17,19). The van der Waals surface area contributed by atoms with Crippen LogP contribution in [0.3, 0.4) is 0 Å². The molecule has 0 spiro atoms. The Hall–Kier alpha value is -2.82. The van der Waals surface area contributed by atoms with Crippen LogP contribution in [0.1, 0.15) is 20.7 Å². The van der Waals surface area contributed by atoms with E-state index in [1.807, 2.05) is 12.1 Å². The van der Waals surface area contributed by atoms with Gasteiger partial charge in [0, 0.05) is 24.0 Å². The van der Waals surface area contributed by atoms with Crippen molar-refractivity contribution in [3.8, 4) is 0 Å². The third kappa shape index (κ3) is 3.60. The molecule has 2 aromatic rings. The average molecular weight is 284 g/mol. The van der Waals surface area contributed by atoms with Crippen LogP contribution in [0.15, 0.2) is 48.5 Å². The number of carbonyl (C=O) groups excluding carboxylic acids is 2. The quantitative estimate of drug-likeness (QED) is 0.847. The summed E-state index contributed by atoms with van der Waals surface area (Å²) in [6.45, 7) is 0. The normalized spacial score (nSPS) is 9.81. The molecule has 0 aliphatic rings. The fourth-order valence-electron chi connectivity index (χ4n) is 1.82. The van der Waals surface area contributed by atoms with Gasteiger partial charge in [0.2, 0.25) is 0 Å². The Labute approximate surface area is 122 Å². The minimum absolute atomic E-state index is 0.121. The second-order valence-electron chi connectivity index (χ2n) is 4.35. The van der Waals surface area contributed by atoms with E-state index in [-0.39, 0.29) is 11.9 Å². The highest BCUT2D eigenvalue weighted by Gasteiger charge is 2.05. The number of carbonyl (C=O) groups is 2. The second-order valence-corrected chi connectivity index (χ2v) is 4.35. The summed E-state index contributed by atoms with van der Waals surface area (Å²) in [4.78, 5) is 22.8. The van der Waals surface area contributed by atoms with Crippen molar-refractivity contribution in [3.05, 3.63) is 59.7 Å². The monoisotopic (exact) mass is 284 g/mol. The molecule has 0 fully saturated rings. The van der Waals surface area contributed by atoms with E-state index in [2.05, 4.69) is 15.4 Å². The molecule has 5 nitrogen and oxygen atoms in total. The highest BCUT2D eigenvalue weighted by molar-refractivity contribution is 5.94. The Kier molecular flexibility index (Phi) is 4.56. The van der Waals surface area contributed by atoms with Crippen LogP contribution in [0, 0.1) is 0 Å². The maximum absolute atomic E-state index is 11.4. The minimum atomic E-state index is -0.364. The van der Waals surface area contributed by atoms with E-state index in [4.69, 9.17) is 0 Å². The Morgan fingerprint density at radius 2 is 1.33 bits per heavy atom. The number of rotatable bonds is 4. The van der Waals surface area contributed by atoms with E-state index < -0.39 is 0 Å². The first-order valence-electron chi connectivity index (χ1n) is 6.41. The van der Waals surface area contributed by atoms with Crippen molar-refractivity contribution in [3.63, 3.8) is 0 Å². The minimum Gasteiger partial charge on any atom is -0.465 e. The smallest absolute Gasteiger partial charge is 0.337 e. The van der Waals surface area contributed by atoms with E-state index in [1.165, 1.54) is 7.11 Å². The number of nitrogens with one attached hydrogen (secondary N) is 2. The van der Waals surface area contributed by atoms with Gasteiger partial charge in [0.1, 0.15) is 0 Å². The van der Waals surface area contributed by atoms with Crippen molar-refractivity contribution in [2.75, 3.05) is 19.5 Å². The molecule has 2 aromatic carbocycles. The fourth-order valence-corrected chi connectivity index (χ4v) is 1.82. The maximum atomic E-state index is 11.4. The van der Waals surface area contributed by atoms with Crippen molar-refractivity contribution in [1.82, 2.24) is 5.32 Å². The summed E-state index contributed by atoms with van der Waals surface area (Å²) in [5, 5.41) is 5.76. The second kappa shape index (κ2) is 6.56. The van der Waals surface area contributed by atoms with Gasteiger partial charge in [-0.1, -0.05) is 0 Å². The van der Waals surface area contributed by atoms with Crippen LogP contribution >= 0.6 is 0 Å². The lowest BCUT2D eigenvalue weighted by molar-refractivity contribution is 0.0600. The van der Waals surface area contributed by atoms with Crippen molar-refractivity contribution < 1.29 is 14.3 Å². The molecule has 0 aliphatic heterocycles. The topological polar surface area (TPSA) is 67.4 Å². The molecular weight excluding hydrogens is 268 g/mol. The average Bonchev–Trinajstić information content (AvgIpc) is 2.55. The molecule has 0 bridgehead atoms. The molecule has 0 saturated carbocycles. The van der Waals surface area contributed by atoms with Crippen LogP contribution in [0.2, 0.25) is 0 Å². The van der Waals surface area contributed by atoms with Crippen LogP contribution in [-0.2, 0) is 4.74 Å². The van der Waals surface area contributed by atoms with Crippen molar-refractivity contribution in [2.45, 2.75) is 0 Å². The molecule has 108 valence electrons. The van der Waals surface area contributed by atoms with Gasteiger partial charge < -0.3 is 15.4 Å². The van der Waals surface area contributed by atoms with Gasteiger partial charge in [-0.3, -0.25) is 4.79 Å². The summed E-state index contributed by atoms with van der Waals surface area (Å²) in [6, 6.07) is 14.1. The van der Waals surface area contributed by atoms with Gasteiger partial charge in [0.05, 0.1) is 12.7 Å². The predicted octanol–water partition coefficient (Wildman–Crippen LogP) is 2.58. The summed E-state index contributed by atoms with van der Waals surface area (Å²) in [5.41, 5.74) is 2.80. The van der Waals surface area contributed by atoms with Gasteiger partial charge in [-0.15, -0.1) is 0 Å². The Morgan fingerprint density at radius 1 is 0.857 bits per heavy atom. The van der Waals surface area contributed by atoms with E-state index >= 15 is 0 Å². The summed E-state index contributed by atoms with van der Waals surface area (Å²) in [7, 11) is 2.94. The van der Waals surface area contributed by atoms with Crippen molar-refractivity contribution >= 4 is 23.3 Å². The van der Waals surface area contributed by atoms with Crippen LogP contribution in [0.5, 0.6) is 0 Å². The maximum Gasteiger partial charge on any atom is 0.337 e. The SMILES string of the molecule is CNC(=O)c1ccc(Nc2ccc(C(=O)OC)cc2)cc1. The number of methoxy groups -OCH3 is 1. The molecule has 2 N–H and O–H groups in total. The van der Waals surface area contributed by atoms with Crippen LogP contribution in [-0.4, -0.2) is 26.0 Å².